The van der Waals surface area contributed by atoms with Gasteiger partial charge in [0, 0.05) is 52.9 Å². The number of hydrogen-bond donors (Lipinski definition) is 2. The molecule has 11 nitrogen and oxygen atoms in total. The number of hydrogen-bond acceptors (Lipinski definition) is 6. The third-order valence-electron chi connectivity index (χ3n) is 8.50. The molecule has 42 heavy (non-hydrogen) atoms. The standard InChI is InChI=1S/C31H30N8O3/c1-17-4-3-5-26(34-17)35-31(42)29-20-6-8-22(11-20)39(29)28(40)16-37-15-24(30(32)41)23-12-19(7-9-25(23)37)21-13-33-27-10-18(2)36-38(27)14-21/h3-5,7,9-10,12-15,20,22,29H,6,8,11,16H2,1-2H3,(H2,32,41)(H,34,35,42). The van der Waals surface area contributed by atoms with Crippen LogP contribution in [0.2, 0.25) is 0 Å². The molecule has 0 radical (unpaired) electrons. The first-order chi connectivity index (χ1) is 20.2. The van der Waals surface area contributed by atoms with Gasteiger partial charge in [-0.3, -0.25) is 14.4 Å². The number of pyridine rings is 1. The van der Waals surface area contributed by atoms with E-state index < -0.39 is 11.9 Å². The van der Waals surface area contributed by atoms with Crippen molar-refractivity contribution in [3.8, 4) is 11.1 Å². The largest absolute Gasteiger partial charge is 0.366 e. The van der Waals surface area contributed by atoms with E-state index in [4.69, 9.17) is 5.73 Å². The van der Waals surface area contributed by atoms with Crippen LogP contribution in [-0.2, 0) is 16.1 Å². The molecule has 3 N–H and O–H groups in total. The van der Waals surface area contributed by atoms with Crippen LogP contribution in [0.1, 0.15) is 41.0 Å². The minimum atomic E-state index is -0.581. The zero-order chi connectivity index (χ0) is 29.1. The summed E-state index contributed by atoms with van der Waals surface area (Å²) < 4.78 is 3.47. The maximum absolute atomic E-state index is 13.8. The SMILES string of the molecule is Cc1cccc(NC(=O)C2C3CCC(C3)N2C(=O)Cn2cc(C(N)=O)c3cc(-c4cnc5cc(C)nn5c4)ccc32)n1. The third-order valence-corrected chi connectivity index (χ3v) is 8.50. The van der Waals surface area contributed by atoms with E-state index in [2.05, 4.69) is 20.4 Å². The molecule has 11 heteroatoms. The van der Waals surface area contributed by atoms with Crippen LogP contribution in [-0.4, -0.2) is 58.9 Å². The number of nitrogens with one attached hydrogen (secondary N) is 1. The molecule has 1 aliphatic heterocycles. The highest BCUT2D eigenvalue weighted by molar-refractivity contribution is 6.07. The molecule has 2 fully saturated rings. The number of fused-ring (bicyclic) bond motifs is 4. The molecule has 1 saturated heterocycles. The molecule has 1 aliphatic carbocycles. The normalized spacial score (nSPS) is 19.6. The van der Waals surface area contributed by atoms with Crippen molar-refractivity contribution in [1.29, 1.82) is 0 Å². The Balaban J connectivity index is 1.18. The Hall–Kier alpha value is -5.06. The van der Waals surface area contributed by atoms with Crippen molar-refractivity contribution in [2.45, 2.75) is 51.7 Å². The topological polar surface area (TPSA) is 141 Å². The summed E-state index contributed by atoms with van der Waals surface area (Å²) in [5.41, 5.74) is 10.9. The molecule has 3 amide bonds. The number of piperidine rings is 1. The van der Waals surface area contributed by atoms with Gasteiger partial charge in [-0.15, -0.1) is 0 Å². The van der Waals surface area contributed by atoms with Gasteiger partial charge in [-0.1, -0.05) is 12.1 Å². The van der Waals surface area contributed by atoms with Gasteiger partial charge in [-0.2, -0.15) is 5.10 Å². The van der Waals surface area contributed by atoms with Crippen molar-refractivity contribution >= 4 is 40.1 Å². The van der Waals surface area contributed by atoms with E-state index in [0.29, 0.717) is 22.3 Å². The molecule has 3 atom stereocenters. The minimum absolute atomic E-state index is 0.0149. The molecule has 0 spiro atoms. The summed E-state index contributed by atoms with van der Waals surface area (Å²) in [7, 11) is 0. The lowest BCUT2D eigenvalue weighted by atomic mass is 9.97. The van der Waals surface area contributed by atoms with Crippen molar-refractivity contribution < 1.29 is 14.4 Å². The van der Waals surface area contributed by atoms with E-state index in [9.17, 15) is 14.4 Å². The monoisotopic (exact) mass is 562 g/mol. The quantitative estimate of drug-likeness (QED) is 0.325. The first kappa shape index (κ1) is 25.9. The molecule has 2 bridgehead atoms. The summed E-state index contributed by atoms with van der Waals surface area (Å²) in [6.45, 7) is 3.76. The number of primary amides is 1. The maximum atomic E-state index is 13.8. The van der Waals surface area contributed by atoms with Gasteiger partial charge in [0.25, 0.3) is 5.91 Å². The first-order valence-corrected chi connectivity index (χ1v) is 14.1. The molecule has 5 heterocycles. The van der Waals surface area contributed by atoms with Gasteiger partial charge in [-0.05, 0) is 68.9 Å². The second-order valence-corrected chi connectivity index (χ2v) is 11.3. The number of likely N-dealkylation sites (tertiary alicyclic amines) is 1. The van der Waals surface area contributed by atoms with Gasteiger partial charge in [0.1, 0.15) is 18.4 Å². The number of benzene rings is 1. The molecular formula is C31H30N8O3. The van der Waals surface area contributed by atoms with Gasteiger partial charge >= 0.3 is 0 Å². The van der Waals surface area contributed by atoms with E-state index in [1.165, 1.54) is 0 Å². The number of aromatic nitrogens is 5. The molecular weight excluding hydrogens is 532 g/mol. The zero-order valence-electron chi connectivity index (χ0n) is 23.3. The predicted molar refractivity (Wildman–Crippen MR) is 157 cm³/mol. The summed E-state index contributed by atoms with van der Waals surface area (Å²) in [5, 5.41) is 8.01. The van der Waals surface area contributed by atoms with Crippen molar-refractivity contribution in [3.63, 3.8) is 0 Å². The van der Waals surface area contributed by atoms with Gasteiger partial charge in [0.05, 0.1) is 11.3 Å². The molecule has 1 saturated carbocycles. The van der Waals surface area contributed by atoms with Crippen LogP contribution < -0.4 is 11.1 Å². The number of rotatable bonds is 6. The van der Waals surface area contributed by atoms with E-state index in [-0.39, 0.29) is 30.3 Å². The number of nitrogens with two attached hydrogens (primary N) is 1. The fourth-order valence-corrected chi connectivity index (χ4v) is 6.67. The summed E-state index contributed by atoms with van der Waals surface area (Å²) in [6, 6.07) is 12.5. The number of anilines is 1. The van der Waals surface area contributed by atoms with Crippen LogP contribution in [0.25, 0.3) is 27.7 Å². The Morgan fingerprint density at radius 2 is 1.88 bits per heavy atom. The Bertz CT molecular complexity index is 1910. The maximum Gasteiger partial charge on any atom is 0.250 e. The van der Waals surface area contributed by atoms with Crippen LogP contribution >= 0.6 is 0 Å². The minimum Gasteiger partial charge on any atom is -0.366 e. The van der Waals surface area contributed by atoms with Gasteiger partial charge in [-0.25, -0.2) is 14.5 Å². The molecule has 5 aromatic rings. The number of carbonyl (C=O) groups excluding carboxylic acids is 3. The van der Waals surface area contributed by atoms with E-state index in [1.807, 2.05) is 56.4 Å². The van der Waals surface area contributed by atoms with Crippen molar-refractivity contribution in [2.24, 2.45) is 11.7 Å². The Morgan fingerprint density at radius 3 is 2.69 bits per heavy atom. The average molecular weight is 563 g/mol. The highest BCUT2D eigenvalue weighted by atomic mass is 16.2. The summed E-state index contributed by atoms with van der Waals surface area (Å²) >= 11 is 0. The third kappa shape index (κ3) is 4.37. The number of aryl methyl sites for hydroxylation is 2. The van der Waals surface area contributed by atoms with Crippen molar-refractivity contribution in [2.75, 3.05) is 5.32 Å². The van der Waals surface area contributed by atoms with Crippen LogP contribution in [0, 0.1) is 19.8 Å². The second-order valence-electron chi connectivity index (χ2n) is 11.3. The second kappa shape index (κ2) is 9.79. The van der Waals surface area contributed by atoms with E-state index in [1.54, 1.807) is 32.4 Å². The lowest BCUT2D eigenvalue weighted by molar-refractivity contribution is -0.141. The fraction of sp³-hybridized carbons (Fsp3) is 0.290. The van der Waals surface area contributed by atoms with Gasteiger partial charge < -0.3 is 20.5 Å². The molecule has 1 aromatic carbocycles. The molecule has 212 valence electrons. The summed E-state index contributed by atoms with van der Waals surface area (Å²) in [4.78, 5) is 50.4. The summed E-state index contributed by atoms with van der Waals surface area (Å²) in [6.07, 6.45) is 7.88. The van der Waals surface area contributed by atoms with Gasteiger partial charge in [0.2, 0.25) is 11.8 Å². The predicted octanol–water partition coefficient (Wildman–Crippen LogP) is 3.48. The van der Waals surface area contributed by atoms with Crippen LogP contribution in [0.15, 0.2) is 61.1 Å². The zero-order valence-corrected chi connectivity index (χ0v) is 23.3. The highest BCUT2D eigenvalue weighted by Crippen LogP contribution is 2.43. The Labute approximate surface area is 241 Å². The molecule has 3 unspecified atom stereocenters. The number of amides is 3. The highest BCUT2D eigenvalue weighted by Gasteiger charge is 2.51. The average Bonchev–Trinajstić information content (AvgIpc) is 3.74. The van der Waals surface area contributed by atoms with Crippen LogP contribution in [0.4, 0.5) is 5.82 Å². The van der Waals surface area contributed by atoms with Crippen LogP contribution in [0.3, 0.4) is 0 Å². The lowest BCUT2D eigenvalue weighted by Crippen LogP contribution is -2.51. The molecule has 2 aliphatic rings. The van der Waals surface area contributed by atoms with Crippen molar-refractivity contribution in [3.05, 3.63) is 78.0 Å². The van der Waals surface area contributed by atoms with Gasteiger partial charge in [0.15, 0.2) is 5.65 Å². The molecule has 7 rings (SSSR count). The number of nitrogens with zero attached hydrogens (tertiary/aromatic N) is 6. The summed E-state index contributed by atoms with van der Waals surface area (Å²) in [5.74, 6) is -0.376. The van der Waals surface area contributed by atoms with E-state index >= 15 is 0 Å². The van der Waals surface area contributed by atoms with E-state index in [0.717, 1.165) is 47.4 Å². The Morgan fingerprint density at radius 1 is 1.02 bits per heavy atom. The first-order valence-electron chi connectivity index (χ1n) is 14.1. The fourth-order valence-electron chi connectivity index (χ4n) is 6.67. The smallest absolute Gasteiger partial charge is 0.250 e. The molecule has 4 aromatic heterocycles. The van der Waals surface area contributed by atoms with Crippen molar-refractivity contribution in [1.82, 2.24) is 29.0 Å². The Kier molecular flexibility index (Phi) is 6.03. The number of carbonyl (C=O) groups is 3. The van der Waals surface area contributed by atoms with Crippen LogP contribution in [0.5, 0.6) is 0 Å². The lowest BCUT2D eigenvalue weighted by Gasteiger charge is -2.34.